The third kappa shape index (κ3) is 3.06. The van der Waals surface area contributed by atoms with Crippen molar-refractivity contribution < 1.29 is 13.2 Å². The number of hydrogen-bond acceptors (Lipinski definition) is 2. The van der Waals surface area contributed by atoms with Crippen molar-refractivity contribution in [3.05, 3.63) is 29.3 Å². The number of nitrogens with zero attached hydrogens (tertiary/aromatic N) is 2. The van der Waals surface area contributed by atoms with Gasteiger partial charge in [0.25, 0.3) is 0 Å². The van der Waals surface area contributed by atoms with Gasteiger partial charge < -0.3 is 4.90 Å². The van der Waals surface area contributed by atoms with E-state index in [0.717, 1.165) is 18.7 Å². The van der Waals surface area contributed by atoms with E-state index in [1.54, 1.807) is 0 Å². The van der Waals surface area contributed by atoms with Crippen LogP contribution in [0.1, 0.15) is 37.3 Å². The van der Waals surface area contributed by atoms with Gasteiger partial charge in [-0.25, -0.2) is 0 Å². The van der Waals surface area contributed by atoms with E-state index in [2.05, 4.69) is 0 Å². The minimum atomic E-state index is -4.41. The lowest BCUT2D eigenvalue weighted by molar-refractivity contribution is -0.137. The summed E-state index contributed by atoms with van der Waals surface area (Å²) in [7, 11) is 0. The van der Waals surface area contributed by atoms with Crippen molar-refractivity contribution in [1.29, 1.82) is 5.26 Å². The maximum absolute atomic E-state index is 12.7. The van der Waals surface area contributed by atoms with E-state index < -0.39 is 11.7 Å². The zero-order valence-electron chi connectivity index (χ0n) is 11.4. The Morgan fingerprint density at radius 1 is 1.35 bits per heavy atom. The number of halogens is 3. The van der Waals surface area contributed by atoms with Crippen LogP contribution < -0.4 is 4.90 Å². The number of hydrogen-bond donors (Lipinski definition) is 0. The molecule has 5 heteroatoms. The molecule has 0 atom stereocenters. The first-order chi connectivity index (χ1) is 9.45. The fourth-order valence-corrected chi connectivity index (χ4v) is 2.46. The predicted molar refractivity (Wildman–Crippen MR) is 71.4 cm³/mol. The molecule has 1 aromatic carbocycles. The summed E-state index contributed by atoms with van der Waals surface area (Å²) >= 11 is 0. The molecule has 0 N–H and O–H groups in total. The van der Waals surface area contributed by atoms with Gasteiger partial charge in [0.05, 0.1) is 16.8 Å². The van der Waals surface area contributed by atoms with Crippen LogP contribution in [0.2, 0.25) is 0 Å². The van der Waals surface area contributed by atoms with E-state index in [-0.39, 0.29) is 5.56 Å². The van der Waals surface area contributed by atoms with Gasteiger partial charge in [-0.05, 0) is 43.9 Å². The Bertz CT molecular complexity index is 513. The summed E-state index contributed by atoms with van der Waals surface area (Å²) in [4.78, 5) is 2.00. The van der Waals surface area contributed by atoms with E-state index in [4.69, 9.17) is 5.26 Å². The highest BCUT2D eigenvalue weighted by Gasteiger charge is 2.31. The molecule has 1 aliphatic carbocycles. The second-order valence-corrected chi connectivity index (χ2v) is 5.18. The first-order valence-corrected chi connectivity index (χ1v) is 6.82. The third-order valence-corrected chi connectivity index (χ3v) is 3.87. The summed E-state index contributed by atoms with van der Waals surface area (Å²) in [6.07, 6.45) is -0.854. The molecule has 0 aromatic heterocycles. The molecule has 0 aliphatic heterocycles. The van der Waals surface area contributed by atoms with Crippen LogP contribution in [0, 0.1) is 17.2 Å². The zero-order chi connectivity index (χ0) is 14.8. The van der Waals surface area contributed by atoms with E-state index in [1.807, 2.05) is 17.9 Å². The number of rotatable bonds is 4. The van der Waals surface area contributed by atoms with Crippen LogP contribution in [-0.2, 0) is 6.18 Å². The summed E-state index contributed by atoms with van der Waals surface area (Å²) in [5.74, 6) is 0.601. The number of nitriles is 1. The lowest BCUT2D eigenvalue weighted by atomic mass is 9.85. The Balaban J connectivity index is 2.27. The molecule has 20 heavy (non-hydrogen) atoms. The highest BCUT2D eigenvalue weighted by Crippen LogP contribution is 2.34. The molecule has 0 amide bonds. The van der Waals surface area contributed by atoms with Gasteiger partial charge in [-0.3, -0.25) is 0 Å². The van der Waals surface area contributed by atoms with Crippen LogP contribution in [-0.4, -0.2) is 13.1 Å². The number of benzene rings is 1. The van der Waals surface area contributed by atoms with Crippen molar-refractivity contribution in [2.45, 2.75) is 32.4 Å². The molecule has 108 valence electrons. The van der Waals surface area contributed by atoms with Gasteiger partial charge in [0, 0.05) is 13.1 Å². The van der Waals surface area contributed by atoms with Gasteiger partial charge in [0.15, 0.2) is 0 Å². The third-order valence-electron chi connectivity index (χ3n) is 3.87. The molecule has 1 saturated carbocycles. The zero-order valence-corrected chi connectivity index (χ0v) is 11.4. The average Bonchev–Trinajstić information content (AvgIpc) is 2.36. The monoisotopic (exact) mass is 282 g/mol. The molecule has 0 unspecified atom stereocenters. The fraction of sp³-hybridized carbons (Fsp3) is 0.533. The van der Waals surface area contributed by atoms with Crippen molar-refractivity contribution in [3.63, 3.8) is 0 Å². The predicted octanol–water partition coefficient (Wildman–Crippen LogP) is 4.20. The van der Waals surface area contributed by atoms with Gasteiger partial charge >= 0.3 is 6.18 Å². The van der Waals surface area contributed by atoms with E-state index in [9.17, 15) is 13.2 Å². The lowest BCUT2D eigenvalue weighted by Gasteiger charge is -2.33. The molecular weight excluding hydrogens is 265 g/mol. The van der Waals surface area contributed by atoms with Crippen LogP contribution >= 0.6 is 0 Å². The van der Waals surface area contributed by atoms with Crippen molar-refractivity contribution in [3.8, 4) is 6.07 Å². The number of alkyl halides is 3. The van der Waals surface area contributed by atoms with Crippen molar-refractivity contribution >= 4 is 5.69 Å². The molecule has 0 spiro atoms. The Morgan fingerprint density at radius 3 is 2.50 bits per heavy atom. The summed E-state index contributed by atoms with van der Waals surface area (Å²) in [6.45, 7) is 3.46. The Kier molecular flexibility index (Phi) is 4.22. The highest BCUT2D eigenvalue weighted by molar-refractivity contribution is 5.60. The molecule has 0 bridgehead atoms. The van der Waals surface area contributed by atoms with Crippen molar-refractivity contribution in [2.24, 2.45) is 5.92 Å². The van der Waals surface area contributed by atoms with Crippen LogP contribution in [0.25, 0.3) is 0 Å². The van der Waals surface area contributed by atoms with Gasteiger partial charge in [0.2, 0.25) is 0 Å². The van der Waals surface area contributed by atoms with Gasteiger partial charge in [0.1, 0.15) is 6.07 Å². The molecule has 1 aromatic rings. The largest absolute Gasteiger partial charge is 0.416 e. The second kappa shape index (κ2) is 5.74. The molecule has 0 radical (unpaired) electrons. The van der Waals surface area contributed by atoms with Gasteiger partial charge in [-0.15, -0.1) is 0 Å². The van der Waals surface area contributed by atoms with Crippen LogP contribution in [0.3, 0.4) is 0 Å². The Morgan fingerprint density at radius 2 is 2.05 bits per heavy atom. The first-order valence-electron chi connectivity index (χ1n) is 6.82. The molecule has 1 fully saturated rings. The highest BCUT2D eigenvalue weighted by atomic mass is 19.4. The standard InChI is InChI=1S/C15H17F3N2/c1-2-20(10-11-4-3-5-11)14-7-6-13(15(16,17)18)8-12(14)9-19/h6-8,11H,2-5,10H2,1H3. The maximum Gasteiger partial charge on any atom is 0.416 e. The van der Waals surface area contributed by atoms with Crippen molar-refractivity contribution in [1.82, 2.24) is 0 Å². The summed E-state index contributed by atoms with van der Waals surface area (Å²) in [5, 5.41) is 9.11. The Labute approximate surface area is 116 Å². The molecule has 0 saturated heterocycles. The molecule has 1 aliphatic rings. The molecule has 2 nitrogen and oxygen atoms in total. The van der Waals surface area contributed by atoms with Crippen LogP contribution in [0.5, 0.6) is 0 Å². The lowest BCUT2D eigenvalue weighted by Crippen LogP contribution is -2.33. The summed E-state index contributed by atoms with van der Waals surface area (Å²) in [5.41, 5.74) is -0.0617. The minimum Gasteiger partial charge on any atom is -0.370 e. The SMILES string of the molecule is CCN(CC1CCC1)c1ccc(C(F)(F)F)cc1C#N. The molecule has 0 heterocycles. The normalized spacial score (nSPS) is 15.6. The maximum atomic E-state index is 12.7. The molecule has 2 rings (SSSR count). The smallest absolute Gasteiger partial charge is 0.370 e. The summed E-state index contributed by atoms with van der Waals surface area (Å²) in [6, 6.07) is 5.31. The summed E-state index contributed by atoms with van der Waals surface area (Å²) < 4.78 is 38.0. The van der Waals surface area contributed by atoms with E-state index >= 15 is 0 Å². The minimum absolute atomic E-state index is 0.0981. The second-order valence-electron chi connectivity index (χ2n) is 5.18. The topological polar surface area (TPSA) is 27.0 Å². The Hall–Kier alpha value is -1.70. The van der Waals surface area contributed by atoms with E-state index in [0.29, 0.717) is 18.2 Å². The quantitative estimate of drug-likeness (QED) is 0.827. The first kappa shape index (κ1) is 14.7. The van der Waals surface area contributed by atoms with Crippen LogP contribution in [0.4, 0.5) is 18.9 Å². The van der Waals surface area contributed by atoms with Gasteiger partial charge in [-0.2, -0.15) is 18.4 Å². The van der Waals surface area contributed by atoms with Crippen molar-refractivity contribution in [2.75, 3.05) is 18.0 Å². The number of anilines is 1. The van der Waals surface area contributed by atoms with E-state index in [1.165, 1.54) is 25.3 Å². The average molecular weight is 282 g/mol. The van der Waals surface area contributed by atoms with Crippen LogP contribution in [0.15, 0.2) is 18.2 Å². The fourth-order valence-electron chi connectivity index (χ4n) is 2.46. The van der Waals surface area contributed by atoms with Gasteiger partial charge in [-0.1, -0.05) is 6.42 Å². The molecular formula is C15H17F3N2.